The summed E-state index contributed by atoms with van der Waals surface area (Å²) in [6.45, 7) is 14.2. The Morgan fingerprint density at radius 2 is 1.91 bits per heavy atom. The summed E-state index contributed by atoms with van der Waals surface area (Å²) in [5.74, 6) is 0.312. The number of allylic oxidation sites excluding steroid dienone is 4. The van der Waals surface area contributed by atoms with E-state index in [4.69, 9.17) is 0 Å². The number of aromatic hydroxyl groups is 1. The van der Waals surface area contributed by atoms with E-state index in [2.05, 4.69) is 40.0 Å². The smallest absolute Gasteiger partial charge is 0.123 e. The van der Waals surface area contributed by atoms with Gasteiger partial charge in [0.2, 0.25) is 0 Å². The van der Waals surface area contributed by atoms with Gasteiger partial charge in [-0.25, -0.2) is 0 Å². The molecule has 22 heavy (non-hydrogen) atoms. The van der Waals surface area contributed by atoms with Gasteiger partial charge in [0.05, 0.1) is 0 Å². The van der Waals surface area contributed by atoms with Gasteiger partial charge in [-0.2, -0.15) is 0 Å². The third-order valence-electron chi connectivity index (χ3n) is 4.26. The molecule has 0 aliphatic heterocycles. The van der Waals surface area contributed by atoms with E-state index in [1.165, 1.54) is 31.2 Å². The first-order valence-electron chi connectivity index (χ1n) is 8.25. The molecule has 0 heterocycles. The largest absolute Gasteiger partial charge is 0.507 e. The van der Waals surface area contributed by atoms with Gasteiger partial charge >= 0.3 is 0 Å². The van der Waals surface area contributed by atoms with E-state index < -0.39 is 0 Å². The molecule has 0 saturated carbocycles. The number of hydrogen-bond acceptors (Lipinski definition) is 1. The summed E-state index contributed by atoms with van der Waals surface area (Å²) in [7, 11) is 0. The van der Waals surface area contributed by atoms with Crippen LogP contribution >= 0.6 is 0 Å². The molecule has 0 aromatic heterocycles. The van der Waals surface area contributed by atoms with Crippen LogP contribution in [0.3, 0.4) is 0 Å². The fraction of sp³-hybridized carbons (Fsp3) is 0.429. The maximum Gasteiger partial charge on any atom is 0.123 e. The Hall–Kier alpha value is -1.76. The summed E-state index contributed by atoms with van der Waals surface area (Å²) >= 11 is 0. The minimum absolute atomic E-state index is 0.0836. The van der Waals surface area contributed by atoms with Crippen LogP contribution in [0.25, 0.3) is 5.57 Å². The maximum atomic E-state index is 10.4. The number of hydrogen-bond donors (Lipinski definition) is 1. The molecule has 120 valence electrons. The molecule has 0 saturated heterocycles. The van der Waals surface area contributed by atoms with Gasteiger partial charge in [-0.15, -0.1) is 0 Å². The van der Waals surface area contributed by atoms with Crippen LogP contribution in [0.5, 0.6) is 5.75 Å². The Balaban J connectivity index is 2.94. The molecule has 0 aliphatic carbocycles. The predicted molar refractivity (Wildman–Crippen MR) is 98.3 cm³/mol. The minimum Gasteiger partial charge on any atom is -0.507 e. The highest BCUT2D eigenvalue weighted by atomic mass is 16.3. The SMILES string of the molecule is C=C/C=C(\C=C)c1ccc(C(C)(C)CCCCCC)cc1O. The molecular weight excluding hydrogens is 268 g/mol. The second-order valence-corrected chi connectivity index (χ2v) is 6.49. The Kier molecular flexibility index (Phi) is 7.17. The van der Waals surface area contributed by atoms with E-state index in [9.17, 15) is 5.11 Å². The summed E-state index contributed by atoms with van der Waals surface area (Å²) in [5, 5.41) is 10.4. The van der Waals surface area contributed by atoms with Gasteiger partial charge in [-0.3, -0.25) is 0 Å². The van der Waals surface area contributed by atoms with Gasteiger partial charge in [0, 0.05) is 5.56 Å². The molecule has 1 aromatic rings. The molecule has 0 aliphatic rings. The van der Waals surface area contributed by atoms with Crippen molar-refractivity contribution in [2.24, 2.45) is 0 Å². The van der Waals surface area contributed by atoms with E-state index >= 15 is 0 Å². The number of unbranched alkanes of at least 4 members (excludes halogenated alkanes) is 3. The van der Waals surface area contributed by atoms with Crippen LogP contribution in [0.15, 0.2) is 49.6 Å². The van der Waals surface area contributed by atoms with Crippen molar-refractivity contribution >= 4 is 5.57 Å². The van der Waals surface area contributed by atoms with Gasteiger partial charge in [0.1, 0.15) is 5.75 Å². The molecule has 0 fully saturated rings. The van der Waals surface area contributed by atoms with E-state index in [1.807, 2.05) is 18.2 Å². The summed E-state index contributed by atoms with van der Waals surface area (Å²) in [4.78, 5) is 0. The van der Waals surface area contributed by atoms with Crippen molar-refractivity contribution in [3.05, 3.63) is 60.7 Å². The Bertz CT molecular complexity index is 535. The van der Waals surface area contributed by atoms with Crippen LogP contribution in [0.4, 0.5) is 0 Å². The van der Waals surface area contributed by atoms with Crippen LogP contribution in [-0.4, -0.2) is 5.11 Å². The second kappa shape index (κ2) is 8.63. The Morgan fingerprint density at radius 3 is 2.45 bits per heavy atom. The molecule has 0 bridgehead atoms. The van der Waals surface area contributed by atoms with E-state index in [0.717, 1.165) is 17.6 Å². The third-order valence-corrected chi connectivity index (χ3v) is 4.26. The molecule has 1 heteroatoms. The van der Waals surface area contributed by atoms with Crippen molar-refractivity contribution in [1.29, 1.82) is 0 Å². The Morgan fingerprint density at radius 1 is 1.18 bits per heavy atom. The summed E-state index contributed by atoms with van der Waals surface area (Å²) in [6.07, 6.45) is 11.5. The number of phenolic OH excluding ortho intramolecular Hbond substituents is 1. The fourth-order valence-corrected chi connectivity index (χ4v) is 2.73. The van der Waals surface area contributed by atoms with Crippen molar-refractivity contribution in [2.75, 3.05) is 0 Å². The predicted octanol–water partition coefficient (Wildman–Crippen LogP) is 6.40. The zero-order valence-electron chi connectivity index (χ0n) is 14.4. The lowest BCUT2D eigenvalue weighted by atomic mass is 9.79. The molecule has 0 radical (unpaired) electrons. The third kappa shape index (κ3) is 4.91. The van der Waals surface area contributed by atoms with E-state index in [0.29, 0.717) is 5.75 Å². The lowest BCUT2D eigenvalue weighted by molar-refractivity contribution is 0.437. The highest BCUT2D eigenvalue weighted by molar-refractivity contribution is 5.78. The highest BCUT2D eigenvalue weighted by Crippen LogP contribution is 2.35. The first-order chi connectivity index (χ1) is 10.5. The zero-order chi connectivity index (χ0) is 16.6. The standard InChI is InChI=1S/C21H30O/c1-6-9-10-11-15-21(4,5)18-13-14-19(20(22)16-18)17(8-3)12-7-2/h7-8,12-14,16,22H,2-3,6,9-11,15H2,1,4-5H3/b17-12+. The molecule has 0 spiro atoms. The van der Waals surface area contributed by atoms with Crippen molar-refractivity contribution in [1.82, 2.24) is 0 Å². The monoisotopic (exact) mass is 298 g/mol. The average molecular weight is 298 g/mol. The van der Waals surface area contributed by atoms with Gasteiger partial charge in [-0.05, 0) is 29.0 Å². The molecule has 0 atom stereocenters. The average Bonchev–Trinajstić information content (AvgIpc) is 2.49. The maximum absolute atomic E-state index is 10.4. The topological polar surface area (TPSA) is 20.2 Å². The van der Waals surface area contributed by atoms with Crippen molar-refractivity contribution in [2.45, 2.75) is 58.3 Å². The summed E-state index contributed by atoms with van der Waals surface area (Å²) in [5.41, 5.74) is 2.97. The van der Waals surface area contributed by atoms with Crippen molar-refractivity contribution < 1.29 is 5.11 Å². The van der Waals surface area contributed by atoms with Crippen molar-refractivity contribution in [3.8, 4) is 5.75 Å². The fourth-order valence-electron chi connectivity index (χ4n) is 2.73. The minimum atomic E-state index is 0.0836. The van der Waals surface area contributed by atoms with Crippen LogP contribution < -0.4 is 0 Å². The molecule has 0 amide bonds. The quantitative estimate of drug-likeness (QED) is 0.413. The van der Waals surface area contributed by atoms with Crippen LogP contribution in [0, 0.1) is 0 Å². The second-order valence-electron chi connectivity index (χ2n) is 6.49. The number of benzene rings is 1. The molecule has 1 nitrogen and oxygen atoms in total. The van der Waals surface area contributed by atoms with Crippen LogP contribution in [-0.2, 0) is 5.41 Å². The Labute approximate surface area is 136 Å². The molecule has 1 rings (SSSR count). The normalized spacial score (nSPS) is 12.2. The number of phenols is 1. The number of rotatable bonds is 9. The molecular formula is C21H30O. The molecule has 1 aromatic carbocycles. The summed E-state index contributed by atoms with van der Waals surface area (Å²) < 4.78 is 0. The van der Waals surface area contributed by atoms with Gasteiger partial charge < -0.3 is 5.11 Å². The van der Waals surface area contributed by atoms with Gasteiger partial charge in [-0.1, -0.05) is 90.0 Å². The van der Waals surface area contributed by atoms with Crippen LogP contribution in [0.1, 0.15) is 64.0 Å². The van der Waals surface area contributed by atoms with E-state index in [1.54, 1.807) is 12.2 Å². The first-order valence-corrected chi connectivity index (χ1v) is 8.25. The zero-order valence-corrected chi connectivity index (χ0v) is 14.4. The van der Waals surface area contributed by atoms with E-state index in [-0.39, 0.29) is 5.41 Å². The lowest BCUT2D eigenvalue weighted by Gasteiger charge is -2.26. The summed E-state index contributed by atoms with van der Waals surface area (Å²) in [6, 6.07) is 6.00. The lowest BCUT2D eigenvalue weighted by Crippen LogP contribution is -2.17. The van der Waals surface area contributed by atoms with Gasteiger partial charge in [0.15, 0.2) is 0 Å². The first kappa shape index (κ1) is 18.3. The van der Waals surface area contributed by atoms with Crippen molar-refractivity contribution in [3.63, 3.8) is 0 Å². The van der Waals surface area contributed by atoms with Gasteiger partial charge in [0.25, 0.3) is 0 Å². The van der Waals surface area contributed by atoms with Crippen LogP contribution in [0.2, 0.25) is 0 Å². The highest BCUT2D eigenvalue weighted by Gasteiger charge is 2.21. The molecule has 1 N–H and O–H groups in total. The molecule has 0 unspecified atom stereocenters.